The van der Waals surface area contributed by atoms with Gasteiger partial charge in [0.2, 0.25) is 5.91 Å². The molecule has 0 fully saturated rings. The number of benzene rings is 1. The molecule has 1 aromatic heterocycles. The molecule has 2 rings (SSSR count). The molecule has 1 amide bonds. The average molecular weight is 302 g/mol. The Morgan fingerprint density at radius 2 is 2.00 bits per heavy atom. The molecule has 0 atom stereocenters. The summed E-state index contributed by atoms with van der Waals surface area (Å²) in [5.74, 6) is -0.111. The Morgan fingerprint density at radius 1 is 1.27 bits per heavy atom. The Hall–Kier alpha value is -2.14. The number of carbonyl (C=O) groups is 1. The number of para-hydroxylation sites is 1. The summed E-state index contributed by atoms with van der Waals surface area (Å²) in [5, 5.41) is 12.5. The van der Waals surface area contributed by atoms with Gasteiger partial charge in [-0.1, -0.05) is 26.0 Å². The quantitative estimate of drug-likeness (QED) is 0.850. The Balaban J connectivity index is 2.10. The zero-order valence-corrected chi connectivity index (χ0v) is 13.0. The van der Waals surface area contributed by atoms with Gasteiger partial charge in [-0.3, -0.25) is 9.59 Å². The molecule has 22 heavy (non-hydrogen) atoms. The van der Waals surface area contributed by atoms with E-state index in [0.29, 0.717) is 18.4 Å². The molecule has 5 nitrogen and oxygen atoms in total. The molecule has 1 heterocycles. The summed E-state index contributed by atoms with van der Waals surface area (Å²) < 4.78 is 1.77. The van der Waals surface area contributed by atoms with Gasteiger partial charge in [-0.05, 0) is 24.0 Å². The second-order valence-electron chi connectivity index (χ2n) is 6.24. The molecule has 5 heteroatoms. The van der Waals surface area contributed by atoms with Crippen LogP contribution < -0.4 is 10.7 Å². The van der Waals surface area contributed by atoms with Crippen LogP contribution in [0.4, 0.5) is 0 Å². The van der Waals surface area contributed by atoms with Gasteiger partial charge in [0.05, 0.1) is 5.52 Å². The van der Waals surface area contributed by atoms with Crippen molar-refractivity contribution in [3.8, 4) is 0 Å². The number of amides is 1. The number of hydrogen-bond acceptors (Lipinski definition) is 3. The zero-order valence-electron chi connectivity index (χ0n) is 13.0. The first-order chi connectivity index (χ1) is 10.4. The topological polar surface area (TPSA) is 71.3 Å². The molecule has 0 bridgehead atoms. The molecule has 2 N–H and O–H groups in total. The first-order valence-corrected chi connectivity index (χ1v) is 7.39. The van der Waals surface area contributed by atoms with Crippen molar-refractivity contribution < 1.29 is 9.90 Å². The molecule has 0 aliphatic rings. The van der Waals surface area contributed by atoms with Crippen molar-refractivity contribution in [2.45, 2.75) is 26.8 Å². The van der Waals surface area contributed by atoms with E-state index in [2.05, 4.69) is 5.32 Å². The minimum atomic E-state index is -0.143. The van der Waals surface area contributed by atoms with Crippen LogP contribution in [0.2, 0.25) is 0 Å². The van der Waals surface area contributed by atoms with E-state index in [1.54, 1.807) is 16.8 Å². The van der Waals surface area contributed by atoms with E-state index in [1.807, 2.05) is 32.0 Å². The predicted octanol–water partition coefficient (Wildman–Crippen LogP) is 1.53. The average Bonchev–Trinajstić information content (AvgIpc) is 2.48. The normalized spacial score (nSPS) is 11.6. The summed E-state index contributed by atoms with van der Waals surface area (Å²) in [6.07, 6.45) is 2.28. The summed E-state index contributed by atoms with van der Waals surface area (Å²) in [6, 6.07) is 8.73. The van der Waals surface area contributed by atoms with Crippen LogP contribution in [0.25, 0.3) is 10.9 Å². The maximum absolute atomic E-state index is 12.1. The van der Waals surface area contributed by atoms with E-state index in [-0.39, 0.29) is 29.9 Å². The lowest BCUT2D eigenvalue weighted by Crippen LogP contribution is -2.36. The van der Waals surface area contributed by atoms with E-state index < -0.39 is 0 Å². The molecular formula is C17H22N2O3. The van der Waals surface area contributed by atoms with Crippen LogP contribution in [-0.4, -0.2) is 28.7 Å². The Kier molecular flexibility index (Phi) is 4.98. The van der Waals surface area contributed by atoms with E-state index >= 15 is 0 Å². The summed E-state index contributed by atoms with van der Waals surface area (Å²) in [5.41, 5.74) is 0.562. The molecule has 0 radical (unpaired) electrons. The van der Waals surface area contributed by atoms with Gasteiger partial charge in [-0.25, -0.2) is 0 Å². The fraction of sp³-hybridized carbons (Fsp3) is 0.412. The van der Waals surface area contributed by atoms with Crippen LogP contribution in [0.1, 0.15) is 20.3 Å². The van der Waals surface area contributed by atoms with Crippen LogP contribution in [0.3, 0.4) is 0 Å². The highest BCUT2D eigenvalue weighted by molar-refractivity contribution is 5.82. The van der Waals surface area contributed by atoms with Crippen molar-refractivity contribution >= 4 is 16.8 Å². The smallest absolute Gasteiger partial charge is 0.239 e. The van der Waals surface area contributed by atoms with Crippen molar-refractivity contribution in [3.05, 3.63) is 46.8 Å². The third-order valence-electron chi connectivity index (χ3n) is 3.75. The van der Waals surface area contributed by atoms with Gasteiger partial charge < -0.3 is 15.0 Å². The fourth-order valence-electron chi connectivity index (χ4n) is 2.34. The van der Waals surface area contributed by atoms with Gasteiger partial charge in [-0.2, -0.15) is 0 Å². The summed E-state index contributed by atoms with van der Waals surface area (Å²) in [4.78, 5) is 23.9. The highest BCUT2D eigenvalue weighted by Crippen LogP contribution is 2.18. The molecule has 0 aliphatic carbocycles. The van der Waals surface area contributed by atoms with Crippen LogP contribution in [-0.2, 0) is 11.3 Å². The van der Waals surface area contributed by atoms with Crippen LogP contribution >= 0.6 is 0 Å². The van der Waals surface area contributed by atoms with E-state index in [4.69, 9.17) is 5.11 Å². The highest BCUT2D eigenvalue weighted by Gasteiger charge is 2.18. The standard InChI is InChI=1S/C17H22N2O3/c1-17(2,8-10-20)12-18-16(22)11-19-9-7-15(21)13-5-3-4-6-14(13)19/h3-7,9,20H,8,10-12H2,1-2H3,(H,18,22). The van der Waals surface area contributed by atoms with Crippen molar-refractivity contribution in [3.63, 3.8) is 0 Å². The third-order valence-corrected chi connectivity index (χ3v) is 3.75. The molecule has 1 aromatic carbocycles. The Morgan fingerprint density at radius 3 is 2.73 bits per heavy atom. The molecule has 118 valence electrons. The third kappa shape index (κ3) is 3.95. The number of aliphatic hydroxyl groups excluding tert-OH is 1. The van der Waals surface area contributed by atoms with Gasteiger partial charge in [-0.15, -0.1) is 0 Å². The molecule has 0 saturated carbocycles. The molecule has 2 aromatic rings. The maximum atomic E-state index is 12.1. The fourth-order valence-corrected chi connectivity index (χ4v) is 2.34. The summed E-state index contributed by atoms with van der Waals surface area (Å²) in [6.45, 7) is 4.77. The number of aliphatic hydroxyl groups is 1. The number of aromatic nitrogens is 1. The van der Waals surface area contributed by atoms with Gasteiger partial charge in [0.1, 0.15) is 6.54 Å². The summed E-state index contributed by atoms with van der Waals surface area (Å²) in [7, 11) is 0. The number of fused-ring (bicyclic) bond motifs is 1. The maximum Gasteiger partial charge on any atom is 0.239 e. The number of nitrogens with one attached hydrogen (secondary N) is 1. The number of pyridine rings is 1. The molecular weight excluding hydrogens is 280 g/mol. The second kappa shape index (κ2) is 6.75. The van der Waals surface area contributed by atoms with Crippen LogP contribution in [0.15, 0.2) is 41.3 Å². The lowest BCUT2D eigenvalue weighted by molar-refractivity contribution is -0.122. The van der Waals surface area contributed by atoms with Gasteiger partial charge in [0.25, 0.3) is 0 Å². The Bertz CT molecular complexity index is 719. The SMILES string of the molecule is CC(C)(CCO)CNC(=O)Cn1ccc(=O)c2ccccc21. The summed E-state index contributed by atoms with van der Waals surface area (Å²) >= 11 is 0. The van der Waals surface area contributed by atoms with E-state index in [9.17, 15) is 9.59 Å². The largest absolute Gasteiger partial charge is 0.396 e. The zero-order chi connectivity index (χ0) is 16.2. The predicted molar refractivity (Wildman–Crippen MR) is 86.7 cm³/mol. The second-order valence-corrected chi connectivity index (χ2v) is 6.24. The molecule has 0 unspecified atom stereocenters. The minimum Gasteiger partial charge on any atom is -0.396 e. The lowest BCUT2D eigenvalue weighted by atomic mass is 9.90. The number of hydrogen-bond donors (Lipinski definition) is 2. The monoisotopic (exact) mass is 302 g/mol. The number of rotatable bonds is 6. The van der Waals surface area contributed by atoms with Crippen LogP contribution in [0.5, 0.6) is 0 Å². The van der Waals surface area contributed by atoms with E-state index in [1.165, 1.54) is 6.07 Å². The lowest BCUT2D eigenvalue weighted by Gasteiger charge is -2.24. The molecule has 0 spiro atoms. The molecule has 0 saturated heterocycles. The van der Waals surface area contributed by atoms with Gasteiger partial charge >= 0.3 is 0 Å². The van der Waals surface area contributed by atoms with Crippen molar-refractivity contribution in [1.82, 2.24) is 9.88 Å². The number of carbonyl (C=O) groups excluding carboxylic acids is 1. The van der Waals surface area contributed by atoms with Gasteiger partial charge in [0, 0.05) is 30.8 Å². The van der Waals surface area contributed by atoms with Gasteiger partial charge in [0.15, 0.2) is 5.43 Å². The van der Waals surface area contributed by atoms with Crippen molar-refractivity contribution in [1.29, 1.82) is 0 Å². The minimum absolute atomic E-state index is 0.0451. The van der Waals surface area contributed by atoms with Crippen LogP contribution in [0, 0.1) is 5.41 Å². The first-order valence-electron chi connectivity index (χ1n) is 7.39. The number of nitrogens with zero attached hydrogens (tertiary/aromatic N) is 1. The first kappa shape index (κ1) is 16.2. The van der Waals surface area contributed by atoms with Crippen molar-refractivity contribution in [2.24, 2.45) is 5.41 Å². The highest BCUT2D eigenvalue weighted by atomic mass is 16.3. The van der Waals surface area contributed by atoms with Crippen molar-refractivity contribution in [2.75, 3.05) is 13.2 Å². The molecule has 0 aliphatic heterocycles. The Labute approximate surface area is 129 Å². The van der Waals surface area contributed by atoms with E-state index in [0.717, 1.165) is 5.52 Å².